The SMILES string of the molecule is NC(=O)C1CC(C(=O)OCc2cccs2)=NN1c1ccccc1. The van der Waals surface area contributed by atoms with Crippen LogP contribution < -0.4 is 10.7 Å². The van der Waals surface area contributed by atoms with Crippen LogP contribution in [0.2, 0.25) is 0 Å². The zero-order valence-corrected chi connectivity index (χ0v) is 13.0. The number of primary amides is 1. The lowest BCUT2D eigenvalue weighted by atomic mass is 10.1. The van der Waals surface area contributed by atoms with Crippen LogP contribution in [0.25, 0.3) is 0 Å². The highest BCUT2D eigenvalue weighted by atomic mass is 32.1. The predicted molar refractivity (Wildman–Crippen MR) is 88.1 cm³/mol. The second-order valence-electron chi connectivity index (χ2n) is 5.00. The van der Waals surface area contributed by atoms with E-state index in [2.05, 4.69) is 5.10 Å². The molecule has 0 aliphatic carbocycles. The van der Waals surface area contributed by atoms with E-state index in [1.54, 1.807) is 12.1 Å². The molecule has 6 nitrogen and oxygen atoms in total. The van der Waals surface area contributed by atoms with Gasteiger partial charge in [0.1, 0.15) is 18.4 Å². The molecule has 23 heavy (non-hydrogen) atoms. The van der Waals surface area contributed by atoms with Crippen LogP contribution in [0.3, 0.4) is 0 Å². The van der Waals surface area contributed by atoms with E-state index >= 15 is 0 Å². The van der Waals surface area contributed by atoms with E-state index in [0.717, 1.165) is 4.88 Å². The normalized spacial score (nSPS) is 17.0. The van der Waals surface area contributed by atoms with Crippen molar-refractivity contribution in [2.24, 2.45) is 10.8 Å². The second-order valence-corrected chi connectivity index (χ2v) is 6.04. The Bertz CT molecular complexity index is 728. The molecule has 0 bridgehead atoms. The molecule has 1 aromatic carbocycles. The van der Waals surface area contributed by atoms with E-state index in [1.807, 2.05) is 35.7 Å². The maximum atomic E-state index is 12.2. The van der Waals surface area contributed by atoms with Gasteiger partial charge in [0, 0.05) is 11.3 Å². The molecule has 0 radical (unpaired) electrons. The standard InChI is InChI=1S/C16H15N3O3S/c17-15(20)14-9-13(16(21)22-10-12-7-4-8-23-12)18-19(14)11-5-2-1-3-6-11/h1-8,14H,9-10H2,(H2,17,20). The van der Waals surface area contributed by atoms with E-state index in [9.17, 15) is 9.59 Å². The van der Waals surface area contributed by atoms with Crippen LogP contribution in [0.15, 0.2) is 52.9 Å². The minimum Gasteiger partial charge on any atom is -0.455 e. The highest BCUT2D eigenvalue weighted by Crippen LogP contribution is 2.24. The fraction of sp³-hybridized carbons (Fsp3) is 0.188. The van der Waals surface area contributed by atoms with Gasteiger partial charge in [-0.2, -0.15) is 5.10 Å². The highest BCUT2D eigenvalue weighted by molar-refractivity contribution is 7.09. The van der Waals surface area contributed by atoms with Gasteiger partial charge in [-0.3, -0.25) is 9.80 Å². The van der Waals surface area contributed by atoms with Crippen molar-refractivity contribution in [3.05, 3.63) is 52.7 Å². The lowest BCUT2D eigenvalue weighted by Gasteiger charge is -2.20. The van der Waals surface area contributed by atoms with Crippen molar-refractivity contribution < 1.29 is 14.3 Å². The quantitative estimate of drug-likeness (QED) is 0.849. The number of esters is 1. The Balaban J connectivity index is 1.74. The molecule has 2 heterocycles. The van der Waals surface area contributed by atoms with Gasteiger partial charge in [0.05, 0.1) is 5.69 Å². The van der Waals surface area contributed by atoms with Crippen molar-refractivity contribution in [3.63, 3.8) is 0 Å². The van der Waals surface area contributed by atoms with Gasteiger partial charge in [-0.1, -0.05) is 24.3 Å². The lowest BCUT2D eigenvalue weighted by molar-refractivity contribution is -0.136. The molecule has 1 aliphatic heterocycles. The van der Waals surface area contributed by atoms with Crippen LogP contribution in [-0.2, 0) is 20.9 Å². The number of rotatable bonds is 5. The summed E-state index contributed by atoms with van der Waals surface area (Å²) in [5, 5.41) is 7.63. The van der Waals surface area contributed by atoms with Crippen LogP contribution in [0.1, 0.15) is 11.3 Å². The molecule has 2 N–H and O–H groups in total. The Kier molecular flexibility index (Phi) is 4.38. The molecule has 3 rings (SSSR count). The summed E-state index contributed by atoms with van der Waals surface area (Å²) >= 11 is 1.51. The molecular formula is C16H15N3O3S. The van der Waals surface area contributed by atoms with Crippen molar-refractivity contribution in [1.29, 1.82) is 0 Å². The van der Waals surface area contributed by atoms with Crippen molar-refractivity contribution >= 4 is 34.6 Å². The first-order valence-corrected chi connectivity index (χ1v) is 7.93. The van der Waals surface area contributed by atoms with Crippen LogP contribution in [0, 0.1) is 0 Å². The Hall–Kier alpha value is -2.67. The second kappa shape index (κ2) is 6.62. The van der Waals surface area contributed by atoms with Crippen LogP contribution >= 0.6 is 11.3 Å². The first-order chi connectivity index (χ1) is 11.1. The minimum absolute atomic E-state index is 0.146. The number of benzene rings is 1. The number of nitrogens with two attached hydrogens (primary N) is 1. The topological polar surface area (TPSA) is 85.0 Å². The molecule has 1 amide bonds. The highest BCUT2D eigenvalue weighted by Gasteiger charge is 2.35. The van der Waals surface area contributed by atoms with Gasteiger partial charge < -0.3 is 10.5 Å². The molecule has 1 unspecified atom stereocenters. The van der Waals surface area contributed by atoms with E-state index < -0.39 is 17.9 Å². The molecular weight excluding hydrogens is 314 g/mol. The number of carbonyl (C=O) groups excluding carboxylic acids is 2. The maximum absolute atomic E-state index is 12.2. The first-order valence-electron chi connectivity index (χ1n) is 7.06. The zero-order valence-electron chi connectivity index (χ0n) is 12.2. The summed E-state index contributed by atoms with van der Waals surface area (Å²) in [6.45, 7) is 0.197. The van der Waals surface area contributed by atoms with Crippen LogP contribution in [-0.4, -0.2) is 23.6 Å². The third-order valence-electron chi connectivity index (χ3n) is 3.42. The Morgan fingerprint density at radius 1 is 1.26 bits per heavy atom. The van der Waals surface area contributed by atoms with Crippen molar-refractivity contribution in [2.45, 2.75) is 19.1 Å². The number of para-hydroxylation sites is 1. The first kappa shape index (κ1) is 15.2. The maximum Gasteiger partial charge on any atom is 0.354 e. The van der Waals surface area contributed by atoms with E-state index in [0.29, 0.717) is 5.69 Å². The molecule has 7 heteroatoms. The number of hydrogen-bond donors (Lipinski definition) is 1. The number of amides is 1. The third kappa shape index (κ3) is 3.40. The summed E-state index contributed by atoms with van der Waals surface area (Å²) in [5.41, 5.74) is 6.34. The fourth-order valence-electron chi connectivity index (χ4n) is 2.29. The van der Waals surface area contributed by atoms with Gasteiger partial charge in [0.25, 0.3) is 0 Å². The van der Waals surface area contributed by atoms with Gasteiger partial charge in [0.2, 0.25) is 5.91 Å². The molecule has 0 saturated carbocycles. The third-order valence-corrected chi connectivity index (χ3v) is 4.27. The Labute approximate surface area is 137 Å². The molecule has 1 aromatic heterocycles. The number of nitrogens with zero attached hydrogens (tertiary/aromatic N) is 2. The summed E-state index contributed by atoms with van der Waals surface area (Å²) in [7, 11) is 0. The van der Waals surface area contributed by atoms with Crippen LogP contribution in [0.5, 0.6) is 0 Å². The number of thiophene rings is 1. The van der Waals surface area contributed by atoms with Gasteiger partial charge in [-0.05, 0) is 23.6 Å². The van der Waals surface area contributed by atoms with Gasteiger partial charge >= 0.3 is 5.97 Å². The average molecular weight is 329 g/mol. The van der Waals surface area contributed by atoms with Crippen molar-refractivity contribution in [3.8, 4) is 0 Å². The number of hydrogen-bond acceptors (Lipinski definition) is 6. The average Bonchev–Trinajstić information content (AvgIpc) is 3.23. The molecule has 0 fully saturated rings. The zero-order chi connectivity index (χ0) is 16.2. The molecule has 1 atom stereocenters. The minimum atomic E-state index is -0.679. The number of hydrazone groups is 1. The molecule has 2 aromatic rings. The lowest BCUT2D eigenvalue weighted by Crippen LogP contribution is -2.39. The summed E-state index contributed by atoms with van der Waals surface area (Å²) in [6.07, 6.45) is 0.146. The van der Waals surface area contributed by atoms with E-state index in [-0.39, 0.29) is 18.7 Å². The molecule has 0 saturated heterocycles. The summed E-state index contributed by atoms with van der Waals surface area (Å²) in [4.78, 5) is 24.8. The molecule has 1 aliphatic rings. The largest absolute Gasteiger partial charge is 0.455 e. The summed E-state index contributed by atoms with van der Waals surface area (Å²) in [6, 6.07) is 12.2. The monoisotopic (exact) mass is 329 g/mol. The number of ether oxygens (including phenoxy) is 1. The van der Waals surface area contributed by atoms with Crippen molar-refractivity contribution in [2.75, 3.05) is 5.01 Å². The Morgan fingerprint density at radius 3 is 2.70 bits per heavy atom. The van der Waals surface area contributed by atoms with Gasteiger partial charge in [0.15, 0.2) is 0 Å². The van der Waals surface area contributed by atoms with Crippen molar-refractivity contribution in [1.82, 2.24) is 0 Å². The summed E-state index contributed by atoms with van der Waals surface area (Å²) < 4.78 is 5.24. The number of carbonyl (C=O) groups is 2. The number of anilines is 1. The molecule has 0 spiro atoms. The predicted octanol–water partition coefficient (Wildman–Crippen LogP) is 1.91. The van der Waals surface area contributed by atoms with Gasteiger partial charge in [-0.15, -0.1) is 11.3 Å². The van der Waals surface area contributed by atoms with E-state index in [4.69, 9.17) is 10.5 Å². The van der Waals surface area contributed by atoms with Gasteiger partial charge in [-0.25, -0.2) is 4.79 Å². The van der Waals surface area contributed by atoms with Crippen LogP contribution in [0.4, 0.5) is 5.69 Å². The Morgan fingerprint density at radius 2 is 2.04 bits per heavy atom. The summed E-state index contributed by atoms with van der Waals surface area (Å²) in [5.74, 6) is -1.05. The fourth-order valence-corrected chi connectivity index (χ4v) is 2.90. The smallest absolute Gasteiger partial charge is 0.354 e. The molecule has 118 valence electrons. The van der Waals surface area contributed by atoms with E-state index in [1.165, 1.54) is 16.3 Å².